The summed E-state index contributed by atoms with van der Waals surface area (Å²) in [5, 5.41) is 6.13. The Morgan fingerprint density at radius 3 is 2.83 bits per heavy atom. The summed E-state index contributed by atoms with van der Waals surface area (Å²) in [4.78, 5) is 24.6. The topological polar surface area (TPSA) is 70.7 Å². The predicted octanol–water partition coefficient (Wildman–Crippen LogP) is 1.01. The molecule has 0 radical (unpaired) electrons. The Kier molecular flexibility index (Phi) is 3.30. The van der Waals surface area contributed by atoms with E-state index in [1.54, 1.807) is 4.90 Å². The van der Waals surface area contributed by atoms with Gasteiger partial charge in [0, 0.05) is 24.6 Å². The molecule has 1 aliphatic carbocycles. The third-order valence-corrected chi connectivity index (χ3v) is 5.27. The highest BCUT2D eigenvalue weighted by molar-refractivity contribution is 5.89. The molecular weight excluding hydrogens is 294 g/mol. The Labute approximate surface area is 135 Å². The number of nitrogens with zero attached hydrogens (tertiary/aromatic N) is 1. The highest BCUT2D eigenvalue weighted by Crippen LogP contribution is 2.56. The summed E-state index contributed by atoms with van der Waals surface area (Å²) < 4.78 is 5.30. The molecule has 1 aromatic rings. The number of fused-ring (bicyclic) bond motifs is 1. The molecule has 1 aromatic carbocycles. The van der Waals surface area contributed by atoms with Crippen molar-refractivity contribution in [2.24, 2.45) is 5.92 Å². The third-order valence-electron chi connectivity index (χ3n) is 5.27. The van der Waals surface area contributed by atoms with Crippen LogP contribution in [0, 0.1) is 5.92 Å². The summed E-state index contributed by atoms with van der Waals surface area (Å²) in [6, 6.07) is 8.27. The first-order valence-corrected chi connectivity index (χ1v) is 8.12. The van der Waals surface area contributed by atoms with Crippen LogP contribution in [0.15, 0.2) is 24.3 Å². The van der Waals surface area contributed by atoms with Gasteiger partial charge in [0.05, 0.1) is 13.1 Å². The maximum absolute atomic E-state index is 12.0. The van der Waals surface area contributed by atoms with Crippen molar-refractivity contribution in [3.05, 3.63) is 29.8 Å². The molecule has 0 aromatic heterocycles. The van der Waals surface area contributed by atoms with E-state index in [4.69, 9.17) is 4.74 Å². The summed E-state index contributed by atoms with van der Waals surface area (Å²) in [6.07, 6.45) is 0.624. The molecule has 2 aliphatic heterocycles. The molecule has 0 spiro atoms. The zero-order valence-corrected chi connectivity index (χ0v) is 13.2. The number of carbonyl (C=O) groups is 2. The van der Waals surface area contributed by atoms with Gasteiger partial charge in [-0.05, 0) is 36.6 Å². The van der Waals surface area contributed by atoms with Crippen molar-refractivity contribution in [2.45, 2.75) is 24.9 Å². The average Bonchev–Trinajstić information content (AvgIpc) is 2.90. The third kappa shape index (κ3) is 2.47. The second-order valence-electron chi connectivity index (χ2n) is 6.79. The van der Waals surface area contributed by atoms with Crippen LogP contribution in [0.25, 0.3) is 0 Å². The quantitative estimate of drug-likeness (QED) is 0.870. The molecule has 2 N–H and O–H groups in total. The zero-order valence-electron chi connectivity index (χ0n) is 13.2. The maximum atomic E-state index is 12.0. The van der Waals surface area contributed by atoms with Gasteiger partial charge in [0.25, 0.3) is 0 Å². The Morgan fingerprint density at radius 1 is 1.43 bits per heavy atom. The van der Waals surface area contributed by atoms with Crippen molar-refractivity contribution < 1.29 is 14.3 Å². The number of nitrogens with one attached hydrogen (secondary N) is 2. The molecular formula is C17H21N3O3. The van der Waals surface area contributed by atoms with E-state index >= 15 is 0 Å². The predicted molar refractivity (Wildman–Crippen MR) is 85.4 cm³/mol. The maximum Gasteiger partial charge on any atom is 0.414 e. The van der Waals surface area contributed by atoms with Crippen molar-refractivity contribution >= 4 is 17.7 Å². The van der Waals surface area contributed by atoms with Crippen LogP contribution >= 0.6 is 0 Å². The van der Waals surface area contributed by atoms with E-state index in [0.717, 1.165) is 24.7 Å². The van der Waals surface area contributed by atoms with Crippen LogP contribution in [0.3, 0.4) is 0 Å². The minimum Gasteiger partial charge on any atom is -0.442 e. The van der Waals surface area contributed by atoms with Gasteiger partial charge >= 0.3 is 6.09 Å². The number of cyclic esters (lactones) is 1. The van der Waals surface area contributed by atoms with Crippen molar-refractivity contribution in [2.75, 3.05) is 31.1 Å². The normalized spacial score (nSPS) is 31.7. The summed E-state index contributed by atoms with van der Waals surface area (Å²) in [5.74, 6) is 0.652. The summed E-state index contributed by atoms with van der Waals surface area (Å²) >= 11 is 0. The molecule has 2 amide bonds. The lowest BCUT2D eigenvalue weighted by atomic mass is 9.95. The number of carbonyl (C=O) groups excluding carboxylic acids is 2. The first-order valence-electron chi connectivity index (χ1n) is 8.12. The standard InChI is InChI=1S/C17H21N3O3/c1-11(21)19-8-15-9-20(16(22)23-15)14-4-2-12(3-5-14)17-6-13(17)7-18-10-17/h2-5,13,15,18H,6-10H2,1H3,(H,19,21)/t13-,15-,17+/m0/s1. The molecule has 0 bridgehead atoms. The Hall–Kier alpha value is -2.08. The van der Waals surface area contributed by atoms with Crippen LogP contribution < -0.4 is 15.5 Å². The molecule has 4 rings (SSSR count). The van der Waals surface area contributed by atoms with E-state index in [0.29, 0.717) is 18.5 Å². The first-order chi connectivity index (χ1) is 11.1. The molecule has 23 heavy (non-hydrogen) atoms. The second-order valence-corrected chi connectivity index (χ2v) is 6.79. The highest BCUT2D eigenvalue weighted by Gasteiger charge is 2.57. The molecule has 0 unspecified atom stereocenters. The smallest absolute Gasteiger partial charge is 0.414 e. The number of anilines is 1. The molecule has 3 aliphatic rings. The van der Waals surface area contributed by atoms with E-state index < -0.39 is 0 Å². The van der Waals surface area contributed by atoms with E-state index in [-0.39, 0.29) is 18.1 Å². The Balaban J connectivity index is 1.44. The number of amides is 2. The van der Waals surface area contributed by atoms with Gasteiger partial charge in [0.15, 0.2) is 0 Å². The Morgan fingerprint density at radius 2 is 2.22 bits per heavy atom. The molecule has 3 atom stereocenters. The van der Waals surface area contributed by atoms with Crippen molar-refractivity contribution in [1.82, 2.24) is 10.6 Å². The van der Waals surface area contributed by atoms with Gasteiger partial charge in [-0.15, -0.1) is 0 Å². The number of hydrogen-bond acceptors (Lipinski definition) is 4. The van der Waals surface area contributed by atoms with Gasteiger partial charge in [0.1, 0.15) is 6.10 Å². The van der Waals surface area contributed by atoms with Crippen molar-refractivity contribution in [1.29, 1.82) is 0 Å². The fourth-order valence-corrected chi connectivity index (χ4v) is 3.86. The minimum atomic E-state index is -0.349. The van der Waals surface area contributed by atoms with Gasteiger partial charge in [-0.25, -0.2) is 4.79 Å². The molecule has 6 heteroatoms. The number of ether oxygens (including phenoxy) is 1. The molecule has 1 saturated carbocycles. The second kappa shape index (κ2) is 5.23. The van der Waals surface area contributed by atoms with Crippen molar-refractivity contribution in [3.63, 3.8) is 0 Å². The monoisotopic (exact) mass is 315 g/mol. The van der Waals surface area contributed by atoms with Gasteiger partial charge < -0.3 is 15.4 Å². The zero-order chi connectivity index (χ0) is 16.0. The van der Waals surface area contributed by atoms with E-state index in [1.165, 1.54) is 18.9 Å². The van der Waals surface area contributed by atoms with Crippen molar-refractivity contribution in [3.8, 4) is 0 Å². The van der Waals surface area contributed by atoms with Gasteiger partial charge in [-0.1, -0.05) is 12.1 Å². The van der Waals surface area contributed by atoms with Crippen LogP contribution in [-0.4, -0.2) is 44.3 Å². The van der Waals surface area contributed by atoms with Crippen LogP contribution in [0.1, 0.15) is 18.9 Å². The largest absolute Gasteiger partial charge is 0.442 e. The number of benzene rings is 1. The summed E-state index contributed by atoms with van der Waals surface area (Å²) in [7, 11) is 0. The van der Waals surface area contributed by atoms with E-state index in [2.05, 4.69) is 22.8 Å². The lowest BCUT2D eigenvalue weighted by Crippen LogP contribution is -2.33. The van der Waals surface area contributed by atoms with Crippen LogP contribution in [0.4, 0.5) is 10.5 Å². The molecule has 6 nitrogen and oxygen atoms in total. The molecule has 3 fully saturated rings. The van der Waals surface area contributed by atoms with Gasteiger partial charge in [0.2, 0.25) is 5.91 Å². The number of piperidine rings is 1. The number of hydrogen-bond donors (Lipinski definition) is 2. The van der Waals surface area contributed by atoms with E-state index in [1.807, 2.05) is 12.1 Å². The fourth-order valence-electron chi connectivity index (χ4n) is 3.86. The van der Waals surface area contributed by atoms with Crippen LogP contribution in [0.2, 0.25) is 0 Å². The fraction of sp³-hybridized carbons (Fsp3) is 0.529. The average molecular weight is 315 g/mol. The molecule has 2 heterocycles. The van der Waals surface area contributed by atoms with E-state index in [9.17, 15) is 9.59 Å². The van der Waals surface area contributed by atoms with Crippen LogP contribution in [-0.2, 0) is 14.9 Å². The summed E-state index contributed by atoms with van der Waals surface area (Å²) in [6.45, 7) is 4.45. The van der Waals surface area contributed by atoms with Gasteiger partial charge in [-0.3, -0.25) is 9.69 Å². The first kappa shape index (κ1) is 14.5. The number of rotatable bonds is 4. The van der Waals surface area contributed by atoms with Gasteiger partial charge in [-0.2, -0.15) is 0 Å². The Bertz CT molecular complexity index is 645. The SMILES string of the molecule is CC(=O)NC[C@H]1CN(c2ccc([C@@]34CNC[C@@H]3C4)cc2)C(=O)O1. The highest BCUT2D eigenvalue weighted by atomic mass is 16.6. The summed E-state index contributed by atoms with van der Waals surface area (Å²) in [5.41, 5.74) is 2.54. The van der Waals surface area contributed by atoms with Crippen LogP contribution in [0.5, 0.6) is 0 Å². The lowest BCUT2D eigenvalue weighted by molar-refractivity contribution is -0.119. The lowest BCUT2D eigenvalue weighted by Gasteiger charge is -2.16. The molecule has 122 valence electrons. The minimum absolute atomic E-state index is 0.118. The molecule has 2 saturated heterocycles.